The molecule has 0 amide bonds. The molecule has 12 aromatic carbocycles. The Hall–Kier alpha value is -11.7. The van der Waals surface area contributed by atoms with Crippen LogP contribution >= 0.6 is 0 Å². The van der Waals surface area contributed by atoms with Crippen molar-refractivity contribution in [1.82, 2.24) is 39.9 Å². The number of aromatic nitrogens is 8. The number of rotatable bonds is 12. The molecule has 0 aliphatic heterocycles. The Morgan fingerprint density at radius 3 is 0.715 bits per heavy atom. The van der Waals surface area contributed by atoms with Gasteiger partial charge in [-0.1, -0.05) is 255 Å². The summed E-state index contributed by atoms with van der Waals surface area (Å²) in [6.07, 6.45) is 15.3. The molecule has 0 atom stereocenters. The second-order valence-corrected chi connectivity index (χ2v) is 61.1. The van der Waals surface area contributed by atoms with Crippen molar-refractivity contribution < 1.29 is 84.8 Å². The number of fused-ring (bicyclic) bond motifs is 4. The van der Waals surface area contributed by atoms with Crippen molar-refractivity contribution in [3.05, 3.63) is 459 Å². The summed E-state index contributed by atoms with van der Waals surface area (Å²) >= 11 is 0. The Bertz CT molecular complexity index is 7000. The van der Waals surface area contributed by atoms with Crippen LogP contribution in [-0.2, 0) is 91.3 Å². The van der Waals surface area contributed by atoms with Crippen molar-refractivity contribution in [2.45, 2.75) is 152 Å². The van der Waals surface area contributed by atoms with E-state index in [-0.39, 0.29) is 97.1 Å². The normalized spacial score (nSPS) is 11.0. The quantitative estimate of drug-likeness (QED) is 0.0880. The third kappa shape index (κ3) is 32.1. The number of halogens is 1. The molecule has 0 fully saturated rings. The molecule has 8 nitrogen and oxygen atoms in total. The summed E-state index contributed by atoms with van der Waals surface area (Å²) in [4.78, 5) is 36.2. The molecule has 0 saturated heterocycles. The maximum Gasteiger partial charge on any atom is 0.116 e. The average Bonchev–Trinajstić information content (AvgIpc) is 0.777. The van der Waals surface area contributed by atoms with Gasteiger partial charge in [0.1, 0.15) is 5.82 Å². The molecule has 0 N–H and O–H groups in total. The fourth-order valence-electron chi connectivity index (χ4n) is 16.3. The molecule has 8 aromatic heterocycles. The number of hydrogen-bond acceptors (Lipinski definition) is 8. The number of aryl methyl sites for hydroxylation is 3. The molecule has 4 radical (unpaired) electrons. The van der Waals surface area contributed by atoms with E-state index in [0.29, 0.717) is 5.69 Å². The van der Waals surface area contributed by atoms with Crippen LogP contribution in [0.2, 0.25) is 78.6 Å². The van der Waals surface area contributed by atoms with Gasteiger partial charge in [0.25, 0.3) is 0 Å². The molecule has 0 aliphatic rings. The summed E-state index contributed by atoms with van der Waals surface area (Å²) in [5.41, 5.74) is 22.9. The molecular formula is C127H125FIr4N8Si4-8. The summed E-state index contributed by atoms with van der Waals surface area (Å²) in [6.45, 7) is 47.8. The first kappa shape index (κ1) is 116. The molecular weight excluding hydrogens is 2540 g/mol. The molecule has 20 aromatic rings. The van der Waals surface area contributed by atoms with Gasteiger partial charge in [-0.3, -0.25) is 0 Å². The first-order valence-electron chi connectivity index (χ1n) is 47.7. The minimum absolute atomic E-state index is 0. The molecule has 8 heterocycles. The van der Waals surface area contributed by atoms with Crippen LogP contribution in [0, 0.1) is 75.1 Å². The maximum absolute atomic E-state index is 14.0. The number of nitrogens with zero attached hydrogens (tertiary/aromatic N) is 8. The Kier molecular flexibility index (Phi) is 43.0. The predicted octanol–water partition coefficient (Wildman–Crippen LogP) is 30.8. The molecule has 0 unspecified atom stereocenters. The van der Waals surface area contributed by atoms with Crippen LogP contribution in [-0.4, -0.2) is 72.2 Å². The van der Waals surface area contributed by atoms with E-state index in [0.717, 1.165) is 89.6 Å². The Morgan fingerprint density at radius 1 is 0.229 bits per heavy atom. The van der Waals surface area contributed by atoms with E-state index in [1.54, 1.807) is 12.3 Å². The first-order valence-corrected chi connectivity index (χ1v) is 61.7. The van der Waals surface area contributed by atoms with E-state index in [9.17, 15) is 4.39 Å². The van der Waals surface area contributed by atoms with Crippen molar-refractivity contribution in [3.8, 4) is 90.1 Å². The number of hydrogen-bond donors (Lipinski definition) is 0. The van der Waals surface area contributed by atoms with E-state index < -0.39 is 32.3 Å². The zero-order valence-electron chi connectivity index (χ0n) is 86.1. The van der Waals surface area contributed by atoms with Crippen LogP contribution in [0.3, 0.4) is 0 Å². The van der Waals surface area contributed by atoms with Gasteiger partial charge in [0, 0.05) is 130 Å². The third-order valence-electron chi connectivity index (χ3n) is 23.6. The zero-order valence-corrected chi connectivity index (χ0v) is 99.7. The fraction of sp³-hybridized carbons (Fsp3) is 0.181. The summed E-state index contributed by atoms with van der Waals surface area (Å²) in [7, 11) is -5.71. The molecule has 20 rings (SSSR count). The van der Waals surface area contributed by atoms with Gasteiger partial charge in [0.05, 0.1) is 32.3 Å². The summed E-state index contributed by atoms with van der Waals surface area (Å²) < 4.78 is 14.0. The Balaban J connectivity index is 0.000000183. The minimum atomic E-state index is -1.65. The minimum Gasteiger partial charge on any atom is -0.305 e. The second kappa shape index (κ2) is 53.4. The molecule has 740 valence electrons. The predicted molar refractivity (Wildman–Crippen MR) is 602 cm³/mol. The maximum atomic E-state index is 14.0. The van der Waals surface area contributed by atoms with Crippen molar-refractivity contribution in [2.75, 3.05) is 0 Å². The SMILES string of the molecule is CC(C)(C)c1cc(-c2[c-]cccc2)ncc1[Si](C)(C)C.C[Si](C)(C)c1cnc(-c2[c-]cccc2)cc1F.Cc1cc[c-]c(-c2cc(C(C)(C)C)c([Si](C)(C)C)cn2)c1.Cc1cc[c-]c(-c2cc(C)c([Si](C)(C)C)cn2)c1.[Ir].[Ir].[Ir].[Ir].[c-]1ccccc1-c1nccc2ccccc12.[c-]1ccccc1-c1nccc2ccccc12.[c-]1ccccc1-c1nccc2ccccc12.[c-]1ccccc1-c1nccc2ccccc12. The van der Waals surface area contributed by atoms with E-state index >= 15 is 0 Å². The van der Waals surface area contributed by atoms with Gasteiger partial charge >= 0.3 is 0 Å². The van der Waals surface area contributed by atoms with Gasteiger partial charge in [-0.15, -0.1) is 286 Å². The first-order chi connectivity index (χ1) is 66.9. The van der Waals surface area contributed by atoms with Gasteiger partial charge in [-0.2, -0.15) is 0 Å². The standard InChI is InChI=1S/C19H26NSi.C18H24NSi.C16H20NSi.4C15H10N.C14H15FNSi.4Ir/c1-14-9-8-10-15(11-14)17-12-16(19(2,3)4)18(13-20-17)21(5,6)7;1-18(2,3)15-12-16(14-10-8-7-9-11-14)19-13-17(15)20(4,5)6;1-12-7-6-8-14(9-12)15-10-13(2)16(11-17-15)18(3,4)5;4*1-2-7-13(8-3-1)15-14-9-5-4-6-12(14)10-11-16-15;1-17(2,3)14-10-16-13(9-12(14)15)11-7-5-4-6-8-11;;;;/h8-9,11-13H,1-7H3;7-10,12-13H,1-6H3;6-7,9-11H,1-5H3;4*1-7,9-11H;4-7,9-10H,1-3H3;;;;/q8*-1;;;;. The van der Waals surface area contributed by atoms with E-state index in [4.69, 9.17) is 9.97 Å². The average molecular weight is 2660 g/mol. The van der Waals surface area contributed by atoms with Gasteiger partial charge in [-0.25, -0.2) is 4.39 Å². The van der Waals surface area contributed by atoms with Crippen molar-refractivity contribution in [1.29, 1.82) is 0 Å². The van der Waals surface area contributed by atoms with E-state index in [1.165, 1.54) is 92.5 Å². The number of benzene rings is 12. The molecule has 17 heteroatoms. The molecule has 0 bridgehead atoms. The van der Waals surface area contributed by atoms with Crippen molar-refractivity contribution in [3.63, 3.8) is 0 Å². The van der Waals surface area contributed by atoms with E-state index in [2.05, 4.69) is 335 Å². The fourth-order valence-corrected chi connectivity index (χ4v) is 22.7. The van der Waals surface area contributed by atoms with Gasteiger partial charge in [-0.05, 0) is 169 Å². The van der Waals surface area contributed by atoms with Gasteiger partial charge < -0.3 is 39.9 Å². The summed E-state index contributed by atoms with van der Waals surface area (Å²) in [5.74, 6) is -0.147. The van der Waals surface area contributed by atoms with Crippen molar-refractivity contribution in [2.24, 2.45) is 0 Å². The third-order valence-corrected chi connectivity index (χ3v) is 31.8. The summed E-state index contributed by atoms with van der Waals surface area (Å²) in [6, 6.07) is 135. The van der Waals surface area contributed by atoms with Crippen LogP contribution in [0.1, 0.15) is 69.4 Å². The second-order valence-electron chi connectivity index (χ2n) is 40.9. The van der Waals surface area contributed by atoms with Gasteiger partial charge in [0.2, 0.25) is 0 Å². The molecule has 144 heavy (non-hydrogen) atoms. The van der Waals surface area contributed by atoms with Gasteiger partial charge in [0.15, 0.2) is 0 Å². The van der Waals surface area contributed by atoms with Crippen LogP contribution in [0.5, 0.6) is 0 Å². The Labute approximate surface area is 913 Å². The molecule has 0 spiro atoms. The summed E-state index contributed by atoms with van der Waals surface area (Å²) in [5, 5.41) is 14.7. The van der Waals surface area contributed by atoms with Crippen molar-refractivity contribution >= 4 is 96.1 Å². The number of pyridine rings is 8. The van der Waals surface area contributed by atoms with E-state index in [1.807, 2.05) is 243 Å². The zero-order chi connectivity index (χ0) is 99.8. The molecule has 0 saturated carbocycles. The monoisotopic (exact) mass is 2660 g/mol. The van der Waals surface area contributed by atoms with Crippen LogP contribution in [0.25, 0.3) is 133 Å². The topological polar surface area (TPSA) is 103 Å². The van der Waals surface area contributed by atoms with Crippen LogP contribution in [0.4, 0.5) is 4.39 Å². The molecule has 0 aliphatic carbocycles. The van der Waals surface area contributed by atoms with Crippen LogP contribution in [0.15, 0.2) is 377 Å². The largest absolute Gasteiger partial charge is 0.305 e. The Morgan fingerprint density at radius 2 is 0.465 bits per heavy atom. The smallest absolute Gasteiger partial charge is 0.116 e. The van der Waals surface area contributed by atoms with Crippen LogP contribution < -0.4 is 20.7 Å².